The van der Waals surface area contributed by atoms with E-state index in [0.717, 1.165) is 32.7 Å². The molecule has 2 fully saturated rings. The number of benzene rings is 1. The minimum Gasteiger partial charge on any atom is -0.490 e. The molecule has 2 aliphatic heterocycles. The Morgan fingerprint density at radius 3 is 2.38 bits per heavy atom. The number of amides is 2. The second-order valence-corrected chi connectivity index (χ2v) is 8.32. The fraction of sp³-hybridized carbons (Fsp3) is 0.619. The average Bonchev–Trinajstić information content (AvgIpc) is 2.71. The van der Waals surface area contributed by atoms with Gasteiger partial charge in [-0.25, -0.2) is 0 Å². The van der Waals surface area contributed by atoms with E-state index in [1.165, 1.54) is 0 Å². The quantitative estimate of drug-likeness (QED) is 0.719. The summed E-state index contributed by atoms with van der Waals surface area (Å²) in [5.74, 6) is 0.347. The average molecular weight is 423 g/mol. The third-order valence-electron chi connectivity index (χ3n) is 5.85. The number of primary amides is 1. The number of hydrogen-bond acceptors (Lipinski definition) is 5. The molecular formula is C21H31ClN4O3. The second-order valence-electron chi connectivity index (χ2n) is 7.88. The lowest BCUT2D eigenvalue weighted by atomic mass is 9.91. The van der Waals surface area contributed by atoms with Gasteiger partial charge in [0.25, 0.3) is 0 Å². The summed E-state index contributed by atoms with van der Waals surface area (Å²) in [4.78, 5) is 30.9. The van der Waals surface area contributed by atoms with Crippen LogP contribution in [-0.4, -0.2) is 85.0 Å². The van der Waals surface area contributed by atoms with Crippen LogP contribution in [0.5, 0.6) is 5.75 Å². The minimum absolute atomic E-state index is 0.113. The topological polar surface area (TPSA) is 79.1 Å². The molecule has 0 saturated carbocycles. The zero-order chi connectivity index (χ0) is 20.8. The van der Waals surface area contributed by atoms with Crippen molar-refractivity contribution < 1.29 is 14.3 Å². The van der Waals surface area contributed by atoms with Crippen LogP contribution in [0.2, 0.25) is 5.02 Å². The molecule has 3 rings (SSSR count). The third kappa shape index (κ3) is 6.32. The van der Waals surface area contributed by atoms with Gasteiger partial charge < -0.3 is 20.3 Å². The molecule has 2 saturated heterocycles. The maximum atomic E-state index is 12.9. The van der Waals surface area contributed by atoms with E-state index < -0.39 is 0 Å². The van der Waals surface area contributed by atoms with Gasteiger partial charge in [0, 0.05) is 63.1 Å². The molecule has 0 bridgehead atoms. The van der Waals surface area contributed by atoms with Crippen molar-refractivity contribution in [3.05, 3.63) is 29.3 Å². The summed E-state index contributed by atoms with van der Waals surface area (Å²) >= 11 is 5.93. The van der Waals surface area contributed by atoms with Crippen LogP contribution in [-0.2, 0) is 9.59 Å². The predicted octanol–water partition coefficient (Wildman–Crippen LogP) is 1.45. The second kappa shape index (κ2) is 10.3. The summed E-state index contributed by atoms with van der Waals surface area (Å²) < 4.78 is 6.11. The molecule has 0 spiro atoms. The number of carbonyl (C=O) groups excluding carboxylic acids is 2. The molecule has 0 radical (unpaired) electrons. The highest BCUT2D eigenvalue weighted by Gasteiger charge is 2.34. The maximum Gasteiger partial charge on any atom is 0.236 e. The van der Waals surface area contributed by atoms with Crippen LogP contribution >= 0.6 is 11.6 Å². The summed E-state index contributed by atoms with van der Waals surface area (Å²) in [5, 5.41) is 0.645. The predicted molar refractivity (Wildman–Crippen MR) is 113 cm³/mol. The lowest BCUT2D eigenvalue weighted by Gasteiger charge is -2.40. The number of ether oxygens (including phenoxy) is 1. The summed E-state index contributed by atoms with van der Waals surface area (Å²) in [6.45, 7) is 8.62. The van der Waals surface area contributed by atoms with Crippen LogP contribution in [0, 0.1) is 5.92 Å². The summed E-state index contributed by atoms with van der Waals surface area (Å²) in [6.07, 6.45) is 0.730. The van der Waals surface area contributed by atoms with E-state index in [1.54, 1.807) is 12.1 Å². The number of halogens is 1. The smallest absolute Gasteiger partial charge is 0.236 e. The van der Waals surface area contributed by atoms with Gasteiger partial charge in [0.1, 0.15) is 11.9 Å². The van der Waals surface area contributed by atoms with Gasteiger partial charge in [-0.15, -0.1) is 0 Å². The van der Waals surface area contributed by atoms with E-state index in [4.69, 9.17) is 22.1 Å². The molecule has 2 atom stereocenters. The van der Waals surface area contributed by atoms with Crippen molar-refractivity contribution >= 4 is 23.4 Å². The Balaban J connectivity index is 1.56. The van der Waals surface area contributed by atoms with Crippen molar-refractivity contribution in [1.82, 2.24) is 14.7 Å². The van der Waals surface area contributed by atoms with Crippen molar-refractivity contribution in [2.24, 2.45) is 11.7 Å². The lowest BCUT2D eigenvalue weighted by molar-refractivity contribution is -0.137. The largest absolute Gasteiger partial charge is 0.490 e. The molecule has 2 N–H and O–H groups in total. The molecule has 160 valence electrons. The number of nitrogens with zero attached hydrogens (tertiary/aromatic N) is 3. The molecule has 1 aromatic carbocycles. The third-order valence-corrected chi connectivity index (χ3v) is 6.10. The van der Waals surface area contributed by atoms with Crippen LogP contribution < -0.4 is 10.5 Å². The first-order chi connectivity index (χ1) is 13.9. The number of nitrogens with two attached hydrogens (primary N) is 1. The van der Waals surface area contributed by atoms with Gasteiger partial charge in [0.15, 0.2) is 0 Å². The number of hydrogen-bond donors (Lipinski definition) is 1. The standard InChI is InChI=1S/C21H31ClN4O3/c1-2-24-9-11-25(12-10-24)15-21(28)26-8-7-19(16(14-26)13-20(23)27)29-18-5-3-17(22)4-6-18/h3-6,16,19H,2,7-15H2,1H3,(H2,23,27)/t16-,19-/m0/s1. The first kappa shape index (κ1) is 21.9. The Kier molecular flexibility index (Phi) is 7.75. The Bertz CT molecular complexity index is 692. The number of rotatable bonds is 7. The highest BCUT2D eigenvalue weighted by Crippen LogP contribution is 2.26. The van der Waals surface area contributed by atoms with Crippen molar-refractivity contribution in [3.63, 3.8) is 0 Å². The SMILES string of the molecule is CCN1CCN(CC(=O)N2CC[C@H](Oc3ccc(Cl)cc3)[C@@H](CC(N)=O)C2)CC1. The number of likely N-dealkylation sites (tertiary alicyclic amines) is 1. The van der Waals surface area contributed by atoms with Crippen LogP contribution in [0.15, 0.2) is 24.3 Å². The maximum absolute atomic E-state index is 12.9. The van der Waals surface area contributed by atoms with Crippen LogP contribution in [0.4, 0.5) is 0 Å². The number of piperidine rings is 1. The van der Waals surface area contributed by atoms with Crippen molar-refractivity contribution in [2.75, 3.05) is 52.4 Å². The fourth-order valence-electron chi connectivity index (χ4n) is 4.09. The van der Waals surface area contributed by atoms with Crippen molar-refractivity contribution in [2.45, 2.75) is 25.9 Å². The number of likely N-dealkylation sites (N-methyl/N-ethyl adjacent to an activating group) is 1. The first-order valence-electron chi connectivity index (χ1n) is 10.4. The van der Waals surface area contributed by atoms with Gasteiger partial charge in [-0.2, -0.15) is 0 Å². The number of carbonyl (C=O) groups is 2. The van der Waals surface area contributed by atoms with Crippen molar-refractivity contribution in [1.29, 1.82) is 0 Å². The van der Waals surface area contributed by atoms with Crippen LogP contribution in [0.3, 0.4) is 0 Å². The van der Waals surface area contributed by atoms with Gasteiger partial charge in [0.2, 0.25) is 11.8 Å². The minimum atomic E-state index is -0.371. The first-order valence-corrected chi connectivity index (χ1v) is 10.8. The molecule has 7 nitrogen and oxygen atoms in total. The molecule has 0 aromatic heterocycles. The van der Waals surface area contributed by atoms with Crippen LogP contribution in [0.25, 0.3) is 0 Å². The highest BCUT2D eigenvalue weighted by molar-refractivity contribution is 6.30. The highest BCUT2D eigenvalue weighted by atomic mass is 35.5. The molecule has 0 aliphatic carbocycles. The van der Waals surface area contributed by atoms with E-state index in [0.29, 0.717) is 36.8 Å². The lowest BCUT2D eigenvalue weighted by Crippen LogP contribution is -2.53. The van der Waals surface area contributed by atoms with Gasteiger partial charge in [-0.05, 0) is 30.8 Å². The molecule has 2 amide bonds. The Morgan fingerprint density at radius 2 is 1.76 bits per heavy atom. The normalized spacial score (nSPS) is 23.7. The Morgan fingerprint density at radius 1 is 1.10 bits per heavy atom. The van der Waals surface area contributed by atoms with E-state index in [9.17, 15) is 9.59 Å². The van der Waals surface area contributed by atoms with Crippen LogP contribution in [0.1, 0.15) is 19.8 Å². The zero-order valence-electron chi connectivity index (χ0n) is 17.1. The zero-order valence-corrected chi connectivity index (χ0v) is 17.8. The molecule has 29 heavy (non-hydrogen) atoms. The molecule has 1 aromatic rings. The van der Waals surface area contributed by atoms with Gasteiger partial charge in [-0.1, -0.05) is 18.5 Å². The Labute approximate surface area is 177 Å². The van der Waals surface area contributed by atoms with E-state index in [2.05, 4.69) is 16.7 Å². The van der Waals surface area contributed by atoms with E-state index in [1.807, 2.05) is 17.0 Å². The molecule has 2 aliphatic rings. The van der Waals surface area contributed by atoms with Gasteiger partial charge >= 0.3 is 0 Å². The Hall–Kier alpha value is -1.83. The number of piperazine rings is 1. The molecule has 2 heterocycles. The van der Waals surface area contributed by atoms with E-state index in [-0.39, 0.29) is 30.3 Å². The molecule has 8 heteroatoms. The van der Waals surface area contributed by atoms with Gasteiger partial charge in [-0.3, -0.25) is 14.5 Å². The summed E-state index contributed by atoms with van der Waals surface area (Å²) in [7, 11) is 0. The summed E-state index contributed by atoms with van der Waals surface area (Å²) in [6, 6.07) is 7.18. The molecule has 0 unspecified atom stereocenters. The monoisotopic (exact) mass is 422 g/mol. The summed E-state index contributed by atoms with van der Waals surface area (Å²) in [5.41, 5.74) is 5.47. The van der Waals surface area contributed by atoms with E-state index >= 15 is 0 Å². The van der Waals surface area contributed by atoms with Gasteiger partial charge in [0.05, 0.1) is 6.54 Å². The van der Waals surface area contributed by atoms with Crippen molar-refractivity contribution in [3.8, 4) is 5.75 Å². The fourth-order valence-corrected chi connectivity index (χ4v) is 4.22. The molecular weight excluding hydrogens is 392 g/mol.